The van der Waals surface area contributed by atoms with Gasteiger partial charge in [0.1, 0.15) is 41.8 Å². The van der Waals surface area contributed by atoms with Gasteiger partial charge in [-0.1, -0.05) is 13.0 Å². The lowest BCUT2D eigenvalue weighted by atomic mass is 9.95. The molecule has 13 heteroatoms. The summed E-state index contributed by atoms with van der Waals surface area (Å²) in [5, 5.41) is 21.7. The molecular formula is C32H35F4N5O4. The van der Waals surface area contributed by atoms with E-state index in [4.69, 9.17) is 4.74 Å². The van der Waals surface area contributed by atoms with E-state index in [1.165, 1.54) is 29.2 Å². The summed E-state index contributed by atoms with van der Waals surface area (Å²) in [5.41, 5.74) is 0.570. The fourth-order valence-electron chi connectivity index (χ4n) is 7.60. The first-order valence-corrected chi connectivity index (χ1v) is 15.5. The van der Waals surface area contributed by atoms with Gasteiger partial charge in [-0.25, -0.2) is 17.6 Å². The first-order chi connectivity index (χ1) is 21.5. The summed E-state index contributed by atoms with van der Waals surface area (Å²) in [4.78, 5) is 28.4. The highest BCUT2D eigenvalue weighted by molar-refractivity contribution is 6.16. The lowest BCUT2D eigenvalue weighted by Crippen LogP contribution is -2.43. The van der Waals surface area contributed by atoms with Crippen LogP contribution in [0.2, 0.25) is 0 Å². The summed E-state index contributed by atoms with van der Waals surface area (Å²) < 4.78 is 64.5. The van der Waals surface area contributed by atoms with Crippen molar-refractivity contribution >= 4 is 28.2 Å². The number of aromatic hydroxyl groups is 1. The Balaban J connectivity index is 1.30. The molecule has 0 saturated carbocycles. The van der Waals surface area contributed by atoms with E-state index in [2.05, 4.69) is 14.9 Å². The molecule has 3 fully saturated rings. The van der Waals surface area contributed by atoms with Crippen LogP contribution in [0.15, 0.2) is 24.3 Å². The number of aliphatic hydroxyl groups is 1. The van der Waals surface area contributed by atoms with Crippen molar-refractivity contribution in [3.05, 3.63) is 46.9 Å². The third-order valence-corrected chi connectivity index (χ3v) is 9.89. The van der Waals surface area contributed by atoms with Gasteiger partial charge in [-0.15, -0.1) is 0 Å². The zero-order chi connectivity index (χ0) is 31.7. The molecule has 0 radical (unpaired) electrons. The number of benzene rings is 2. The number of aromatic nitrogens is 2. The van der Waals surface area contributed by atoms with Gasteiger partial charge in [0, 0.05) is 43.9 Å². The third-order valence-electron chi connectivity index (χ3n) is 9.89. The van der Waals surface area contributed by atoms with Crippen LogP contribution in [0.25, 0.3) is 10.8 Å². The van der Waals surface area contributed by atoms with Crippen LogP contribution in [-0.4, -0.2) is 87.5 Å². The number of amides is 1. The molecule has 4 aliphatic heterocycles. The number of hydrogen-bond donors (Lipinski definition) is 2. The number of hydrogen-bond acceptors (Lipinski definition) is 8. The topological polar surface area (TPSA) is 102 Å². The van der Waals surface area contributed by atoms with Crippen molar-refractivity contribution in [1.82, 2.24) is 14.9 Å². The number of carbonyl (C=O) groups is 1. The molecule has 7 rings (SSSR count). The van der Waals surface area contributed by atoms with E-state index in [1.54, 1.807) is 11.8 Å². The van der Waals surface area contributed by atoms with Crippen molar-refractivity contribution < 1.29 is 37.3 Å². The quantitative estimate of drug-likeness (QED) is 0.377. The Morgan fingerprint density at radius 3 is 2.76 bits per heavy atom. The van der Waals surface area contributed by atoms with Crippen LogP contribution in [-0.2, 0) is 13.0 Å². The minimum atomic E-state index is -3.31. The molecule has 3 saturated heterocycles. The molecule has 45 heavy (non-hydrogen) atoms. The SMILES string of the molecule is CCc1c(F)ccc2cc(O)cc(N3Cc4nc(OC[C@@]56CCCN5C[C@H](F)C6)nc(N5CCC(O)C(F)(F)CC5)c4C3=O)c12. The van der Waals surface area contributed by atoms with E-state index in [9.17, 15) is 32.6 Å². The van der Waals surface area contributed by atoms with Crippen LogP contribution in [0.4, 0.5) is 29.1 Å². The molecule has 5 heterocycles. The Hall–Kier alpha value is -3.71. The summed E-state index contributed by atoms with van der Waals surface area (Å²) in [6.07, 6.45) is -1.35. The van der Waals surface area contributed by atoms with Crippen LogP contribution in [0, 0.1) is 5.82 Å². The zero-order valence-corrected chi connectivity index (χ0v) is 24.9. The number of fused-ring (bicyclic) bond motifs is 3. The summed E-state index contributed by atoms with van der Waals surface area (Å²) in [5.74, 6) is -4.29. The van der Waals surface area contributed by atoms with Crippen molar-refractivity contribution in [1.29, 1.82) is 0 Å². The van der Waals surface area contributed by atoms with Gasteiger partial charge >= 0.3 is 6.01 Å². The van der Waals surface area contributed by atoms with Crippen LogP contribution >= 0.6 is 0 Å². The minimum absolute atomic E-state index is 0.00836. The molecule has 9 nitrogen and oxygen atoms in total. The standard InChI is InChI=1S/C32H35F4N5O4/c1-2-21-22(34)5-4-18-12-20(42)13-24(26(18)21)41-16-23-27(29(41)44)28(39-10-6-25(43)32(35,36)8-11-39)38-30(37-23)45-17-31-7-3-9-40(31)15-19(33)14-31/h4-5,12-13,19,25,42-43H,2-3,6-11,14-17H2,1H3/t19-,25?,31+/m1/s1. The van der Waals surface area contributed by atoms with Crippen LogP contribution in [0.5, 0.6) is 11.8 Å². The van der Waals surface area contributed by atoms with Crippen LogP contribution < -0.4 is 14.5 Å². The lowest BCUT2D eigenvalue weighted by Gasteiger charge is -2.31. The maximum atomic E-state index is 14.9. The van der Waals surface area contributed by atoms with Gasteiger partial charge < -0.3 is 24.7 Å². The van der Waals surface area contributed by atoms with Crippen molar-refractivity contribution in [3.63, 3.8) is 0 Å². The van der Waals surface area contributed by atoms with Gasteiger partial charge in [0.05, 0.1) is 23.5 Å². The smallest absolute Gasteiger partial charge is 0.318 e. The van der Waals surface area contributed by atoms with Gasteiger partial charge in [0.25, 0.3) is 11.8 Å². The Labute approximate surface area is 257 Å². The fraction of sp³-hybridized carbons (Fsp3) is 0.531. The number of aryl methyl sites for hydroxylation is 1. The largest absolute Gasteiger partial charge is 0.508 e. The molecule has 1 unspecified atom stereocenters. The molecular weight excluding hydrogens is 594 g/mol. The van der Waals surface area contributed by atoms with Crippen LogP contribution in [0.1, 0.15) is 60.6 Å². The number of alkyl halides is 3. The van der Waals surface area contributed by atoms with Gasteiger partial charge in [0.15, 0.2) is 0 Å². The minimum Gasteiger partial charge on any atom is -0.508 e. The van der Waals surface area contributed by atoms with E-state index < -0.39 is 41.9 Å². The number of phenolic OH excluding ortho intramolecular Hbond substituents is 1. The molecule has 4 aliphatic rings. The van der Waals surface area contributed by atoms with E-state index >= 15 is 0 Å². The summed E-state index contributed by atoms with van der Waals surface area (Å²) in [6, 6.07) is 5.71. The second-order valence-corrected chi connectivity index (χ2v) is 12.7. The number of anilines is 2. The number of aliphatic hydroxyl groups excluding tert-OH is 1. The number of nitrogens with zero attached hydrogens (tertiary/aromatic N) is 5. The summed E-state index contributed by atoms with van der Waals surface area (Å²) >= 11 is 0. The summed E-state index contributed by atoms with van der Waals surface area (Å²) in [6.45, 7) is 2.81. The average molecular weight is 630 g/mol. The van der Waals surface area contributed by atoms with E-state index in [0.717, 1.165) is 19.4 Å². The Bertz CT molecular complexity index is 1670. The van der Waals surface area contributed by atoms with Gasteiger partial charge in [-0.05, 0) is 55.3 Å². The first-order valence-electron chi connectivity index (χ1n) is 15.5. The second-order valence-electron chi connectivity index (χ2n) is 12.7. The number of carbonyl (C=O) groups excluding carboxylic acids is 1. The van der Waals surface area contributed by atoms with E-state index in [-0.39, 0.29) is 67.2 Å². The number of rotatable bonds is 6. The predicted molar refractivity (Wildman–Crippen MR) is 158 cm³/mol. The number of halogens is 4. The fourth-order valence-corrected chi connectivity index (χ4v) is 7.60. The normalized spacial score (nSPS) is 26.4. The maximum absolute atomic E-state index is 14.9. The zero-order valence-electron chi connectivity index (χ0n) is 24.9. The molecule has 3 atom stereocenters. The molecule has 3 aromatic rings. The predicted octanol–water partition coefficient (Wildman–Crippen LogP) is 4.75. The molecule has 2 aromatic carbocycles. The molecule has 1 aromatic heterocycles. The molecule has 0 aliphatic carbocycles. The molecule has 1 amide bonds. The molecule has 0 bridgehead atoms. The average Bonchev–Trinajstić information content (AvgIpc) is 3.61. The maximum Gasteiger partial charge on any atom is 0.318 e. The molecule has 2 N–H and O–H groups in total. The molecule has 0 spiro atoms. The van der Waals surface area contributed by atoms with Crippen molar-refractivity contribution in [2.45, 2.75) is 75.7 Å². The van der Waals surface area contributed by atoms with Crippen molar-refractivity contribution in [2.75, 3.05) is 42.6 Å². The number of ether oxygens (including phenoxy) is 1. The first kappa shape index (κ1) is 30.0. The van der Waals surface area contributed by atoms with Gasteiger partial charge in [0.2, 0.25) is 0 Å². The van der Waals surface area contributed by atoms with Crippen molar-refractivity contribution in [2.24, 2.45) is 0 Å². The van der Waals surface area contributed by atoms with Gasteiger partial charge in [-0.3, -0.25) is 9.69 Å². The van der Waals surface area contributed by atoms with Crippen LogP contribution in [0.3, 0.4) is 0 Å². The third kappa shape index (κ3) is 5.04. The summed E-state index contributed by atoms with van der Waals surface area (Å²) in [7, 11) is 0. The monoisotopic (exact) mass is 629 g/mol. The highest BCUT2D eigenvalue weighted by Gasteiger charge is 2.50. The van der Waals surface area contributed by atoms with E-state index in [1.807, 2.05) is 0 Å². The Morgan fingerprint density at radius 1 is 1.13 bits per heavy atom. The Morgan fingerprint density at radius 2 is 1.96 bits per heavy atom. The highest BCUT2D eigenvalue weighted by Crippen LogP contribution is 2.43. The number of phenols is 1. The second kappa shape index (κ2) is 11.0. The van der Waals surface area contributed by atoms with E-state index in [0.29, 0.717) is 35.7 Å². The molecule has 240 valence electrons. The Kier molecular flexibility index (Phi) is 7.31. The lowest BCUT2D eigenvalue weighted by molar-refractivity contribution is -0.108. The highest BCUT2D eigenvalue weighted by atomic mass is 19.3. The van der Waals surface area contributed by atoms with Gasteiger partial charge in [-0.2, -0.15) is 9.97 Å². The van der Waals surface area contributed by atoms with Crippen molar-refractivity contribution in [3.8, 4) is 11.8 Å².